The molecule has 1 aromatic heterocycles. The van der Waals surface area contributed by atoms with Crippen molar-refractivity contribution in [3.63, 3.8) is 0 Å². The number of piperidine rings is 1. The summed E-state index contributed by atoms with van der Waals surface area (Å²) in [5.74, 6) is 6.31. The molecule has 0 saturated carbocycles. The van der Waals surface area contributed by atoms with Crippen molar-refractivity contribution in [2.24, 2.45) is 11.7 Å². The lowest BCUT2D eigenvalue weighted by molar-refractivity contribution is -0.00139. The van der Waals surface area contributed by atoms with E-state index in [4.69, 9.17) is 10.5 Å². The second-order valence-electron chi connectivity index (χ2n) is 4.96. The highest BCUT2D eigenvalue weighted by Crippen LogP contribution is 2.24. The number of methoxy groups -OCH3 is 1. The van der Waals surface area contributed by atoms with Crippen LogP contribution < -0.4 is 5.73 Å². The van der Waals surface area contributed by atoms with E-state index in [2.05, 4.69) is 18.8 Å². The first-order chi connectivity index (χ1) is 9.67. The van der Waals surface area contributed by atoms with Crippen LogP contribution in [0.1, 0.15) is 28.6 Å². The normalized spacial score (nSPS) is 22.2. The van der Waals surface area contributed by atoms with Crippen LogP contribution >= 0.6 is 11.3 Å². The molecule has 20 heavy (non-hydrogen) atoms. The molecule has 4 nitrogen and oxygen atoms in total. The summed E-state index contributed by atoms with van der Waals surface area (Å²) in [6, 6.07) is 1.88. The van der Waals surface area contributed by atoms with Gasteiger partial charge < -0.3 is 15.4 Å². The molecule has 0 aromatic carbocycles. The van der Waals surface area contributed by atoms with Crippen LogP contribution in [0.2, 0.25) is 0 Å². The largest absolute Gasteiger partial charge is 0.379 e. The molecular weight excluding hydrogens is 272 g/mol. The van der Waals surface area contributed by atoms with E-state index in [1.54, 1.807) is 7.11 Å². The molecule has 0 bridgehead atoms. The predicted molar refractivity (Wildman–Crippen MR) is 80.7 cm³/mol. The van der Waals surface area contributed by atoms with Gasteiger partial charge in [-0.2, -0.15) is 0 Å². The summed E-state index contributed by atoms with van der Waals surface area (Å²) in [6.45, 7) is 3.90. The van der Waals surface area contributed by atoms with Gasteiger partial charge in [-0.3, -0.25) is 4.79 Å². The molecule has 0 radical (unpaired) electrons. The first-order valence-corrected chi connectivity index (χ1v) is 7.63. The monoisotopic (exact) mass is 292 g/mol. The number of ether oxygens (including phenoxy) is 1. The lowest BCUT2D eigenvalue weighted by Gasteiger charge is -2.36. The first-order valence-electron chi connectivity index (χ1n) is 6.75. The molecule has 1 saturated heterocycles. The van der Waals surface area contributed by atoms with Crippen LogP contribution in [0.5, 0.6) is 0 Å². The summed E-state index contributed by atoms with van der Waals surface area (Å²) in [7, 11) is 1.71. The SMILES string of the molecule is COC1CN(C(=O)c2sccc2C#CCN)CCC1C. The lowest BCUT2D eigenvalue weighted by Crippen LogP contribution is -2.46. The van der Waals surface area contributed by atoms with Crippen LogP contribution in [0.15, 0.2) is 11.4 Å². The molecule has 2 unspecified atom stereocenters. The molecule has 1 aliphatic rings. The molecule has 1 amide bonds. The van der Waals surface area contributed by atoms with Crippen LogP contribution in [-0.4, -0.2) is 43.7 Å². The minimum absolute atomic E-state index is 0.0512. The fourth-order valence-electron chi connectivity index (χ4n) is 2.39. The molecule has 1 aromatic rings. The maximum absolute atomic E-state index is 12.6. The van der Waals surface area contributed by atoms with Gasteiger partial charge >= 0.3 is 0 Å². The minimum atomic E-state index is 0.0512. The molecule has 2 heterocycles. The average Bonchev–Trinajstić information content (AvgIpc) is 2.93. The van der Waals surface area contributed by atoms with Gasteiger partial charge in [-0.1, -0.05) is 18.8 Å². The van der Waals surface area contributed by atoms with E-state index in [1.165, 1.54) is 11.3 Å². The smallest absolute Gasteiger partial charge is 0.265 e. The molecule has 1 fully saturated rings. The summed E-state index contributed by atoms with van der Waals surface area (Å²) in [5.41, 5.74) is 6.16. The summed E-state index contributed by atoms with van der Waals surface area (Å²) in [4.78, 5) is 15.2. The van der Waals surface area contributed by atoms with Gasteiger partial charge in [0, 0.05) is 25.8 Å². The summed E-state index contributed by atoms with van der Waals surface area (Å²) >= 11 is 1.44. The number of amides is 1. The van der Waals surface area contributed by atoms with Crippen LogP contribution in [0.25, 0.3) is 0 Å². The van der Waals surface area contributed by atoms with E-state index in [0.29, 0.717) is 23.9 Å². The van der Waals surface area contributed by atoms with Crippen LogP contribution in [0, 0.1) is 17.8 Å². The quantitative estimate of drug-likeness (QED) is 0.842. The molecule has 1 aliphatic heterocycles. The Labute approximate surface area is 123 Å². The maximum Gasteiger partial charge on any atom is 0.265 e. The number of carbonyl (C=O) groups excluding carboxylic acids is 1. The number of nitrogens with zero attached hydrogens (tertiary/aromatic N) is 1. The van der Waals surface area contributed by atoms with E-state index < -0.39 is 0 Å². The fourth-order valence-corrected chi connectivity index (χ4v) is 3.20. The van der Waals surface area contributed by atoms with Crippen molar-refractivity contribution in [1.82, 2.24) is 4.90 Å². The molecule has 2 N–H and O–H groups in total. The van der Waals surface area contributed by atoms with Crippen molar-refractivity contribution in [1.29, 1.82) is 0 Å². The van der Waals surface area contributed by atoms with E-state index in [-0.39, 0.29) is 12.0 Å². The number of hydrogen-bond acceptors (Lipinski definition) is 4. The van der Waals surface area contributed by atoms with Gasteiger partial charge in [0.2, 0.25) is 0 Å². The number of thiophene rings is 1. The van der Waals surface area contributed by atoms with Gasteiger partial charge in [0.1, 0.15) is 4.88 Å². The lowest BCUT2D eigenvalue weighted by atomic mass is 9.95. The first kappa shape index (κ1) is 15.0. The zero-order chi connectivity index (χ0) is 14.5. The van der Waals surface area contributed by atoms with Gasteiger partial charge in [-0.15, -0.1) is 11.3 Å². The number of likely N-dealkylation sites (tertiary alicyclic amines) is 1. The summed E-state index contributed by atoms with van der Waals surface area (Å²) in [6.07, 6.45) is 1.09. The highest BCUT2D eigenvalue weighted by Gasteiger charge is 2.30. The topological polar surface area (TPSA) is 55.6 Å². The Morgan fingerprint density at radius 3 is 3.15 bits per heavy atom. The van der Waals surface area contributed by atoms with Crippen molar-refractivity contribution in [2.75, 3.05) is 26.7 Å². The molecule has 108 valence electrons. The van der Waals surface area contributed by atoms with Gasteiger partial charge in [-0.05, 0) is 23.8 Å². The van der Waals surface area contributed by atoms with Crippen LogP contribution in [0.3, 0.4) is 0 Å². The van der Waals surface area contributed by atoms with Gasteiger partial charge in [-0.25, -0.2) is 0 Å². The number of carbonyl (C=O) groups is 1. The molecule has 2 rings (SSSR count). The Morgan fingerprint density at radius 2 is 2.45 bits per heavy atom. The van der Waals surface area contributed by atoms with E-state index in [0.717, 1.165) is 18.5 Å². The van der Waals surface area contributed by atoms with E-state index >= 15 is 0 Å². The average molecular weight is 292 g/mol. The Hall–Kier alpha value is -1.35. The molecular formula is C15H20N2O2S. The standard InChI is InChI=1S/C15H20N2O2S/c1-11-5-8-17(10-13(11)19-2)15(18)14-12(4-3-7-16)6-9-20-14/h6,9,11,13H,5,7-8,10,16H2,1-2H3. The third kappa shape index (κ3) is 3.21. The zero-order valence-corrected chi connectivity index (χ0v) is 12.7. The molecule has 2 atom stereocenters. The Balaban J connectivity index is 2.14. The minimum Gasteiger partial charge on any atom is -0.379 e. The Bertz CT molecular complexity index is 529. The van der Waals surface area contributed by atoms with Gasteiger partial charge in [0.05, 0.1) is 12.6 Å². The third-order valence-corrected chi connectivity index (χ3v) is 4.57. The van der Waals surface area contributed by atoms with Crippen molar-refractivity contribution in [3.05, 3.63) is 21.9 Å². The Morgan fingerprint density at radius 1 is 1.65 bits per heavy atom. The van der Waals surface area contributed by atoms with Crippen molar-refractivity contribution < 1.29 is 9.53 Å². The second-order valence-corrected chi connectivity index (χ2v) is 5.88. The number of nitrogens with two attached hydrogens (primary N) is 1. The van der Waals surface area contributed by atoms with E-state index in [1.807, 2.05) is 16.3 Å². The fraction of sp³-hybridized carbons (Fsp3) is 0.533. The number of rotatable bonds is 2. The van der Waals surface area contributed by atoms with Crippen LogP contribution in [-0.2, 0) is 4.74 Å². The molecule has 0 spiro atoms. The van der Waals surface area contributed by atoms with Crippen LogP contribution in [0.4, 0.5) is 0 Å². The zero-order valence-electron chi connectivity index (χ0n) is 11.9. The predicted octanol–water partition coefficient (Wildman–Crippen LogP) is 1.56. The van der Waals surface area contributed by atoms with Crippen molar-refractivity contribution in [3.8, 4) is 11.8 Å². The third-order valence-electron chi connectivity index (χ3n) is 3.66. The van der Waals surface area contributed by atoms with E-state index in [9.17, 15) is 4.79 Å². The highest BCUT2D eigenvalue weighted by atomic mass is 32.1. The number of hydrogen-bond donors (Lipinski definition) is 1. The van der Waals surface area contributed by atoms with Crippen molar-refractivity contribution >= 4 is 17.2 Å². The second kappa shape index (κ2) is 6.89. The summed E-state index contributed by atoms with van der Waals surface area (Å²) in [5, 5.41) is 1.90. The van der Waals surface area contributed by atoms with Gasteiger partial charge in [0.15, 0.2) is 0 Å². The maximum atomic E-state index is 12.6. The van der Waals surface area contributed by atoms with Crippen molar-refractivity contribution in [2.45, 2.75) is 19.4 Å². The summed E-state index contributed by atoms with van der Waals surface area (Å²) < 4.78 is 5.46. The highest BCUT2D eigenvalue weighted by molar-refractivity contribution is 7.12. The molecule has 5 heteroatoms. The molecule has 0 aliphatic carbocycles. The Kier molecular flexibility index (Phi) is 5.18. The van der Waals surface area contributed by atoms with Gasteiger partial charge in [0.25, 0.3) is 5.91 Å².